The third-order valence-corrected chi connectivity index (χ3v) is 3.42. The number of methoxy groups -OCH3 is 1. The number of fused-ring (bicyclic) bond motifs is 1. The van der Waals surface area contributed by atoms with Gasteiger partial charge in [-0.3, -0.25) is 9.59 Å². The number of carbonyl (C=O) groups excluding carboxylic acids is 2. The van der Waals surface area contributed by atoms with Crippen molar-refractivity contribution in [3.05, 3.63) is 29.3 Å². The van der Waals surface area contributed by atoms with E-state index in [1.165, 1.54) is 7.11 Å². The summed E-state index contributed by atoms with van der Waals surface area (Å²) in [4.78, 5) is 23.0. The molecule has 18 heavy (non-hydrogen) atoms. The second kappa shape index (κ2) is 4.44. The molecule has 1 N–H and O–H groups in total. The van der Waals surface area contributed by atoms with Crippen molar-refractivity contribution in [2.75, 3.05) is 12.4 Å². The molecule has 0 saturated heterocycles. The lowest BCUT2D eigenvalue weighted by atomic mass is 9.83. The lowest BCUT2D eigenvalue weighted by Gasteiger charge is -2.25. The lowest BCUT2D eigenvalue weighted by molar-refractivity contribution is -0.146. The second-order valence-corrected chi connectivity index (χ2v) is 5.04. The highest BCUT2D eigenvalue weighted by Crippen LogP contribution is 2.30. The molecule has 4 nitrogen and oxygen atoms in total. The van der Waals surface area contributed by atoms with E-state index in [-0.39, 0.29) is 11.9 Å². The van der Waals surface area contributed by atoms with Gasteiger partial charge < -0.3 is 10.1 Å². The van der Waals surface area contributed by atoms with Crippen LogP contribution in [0.5, 0.6) is 0 Å². The summed E-state index contributed by atoms with van der Waals surface area (Å²) in [7, 11) is 1.39. The molecular weight excluding hydrogens is 230 g/mol. The zero-order chi connectivity index (χ0) is 13.3. The maximum Gasteiger partial charge on any atom is 0.315 e. The summed E-state index contributed by atoms with van der Waals surface area (Å²) in [6.45, 7) is 3.67. The monoisotopic (exact) mass is 247 g/mol. The summed E-state index contributed by atoms with van der Waals surface area (Å²) in [5.74, 6) is -0.218. The fourth-order valence-electron chi connectivity index (χ4n) is 2.15. The van der Waals surface area contributed by atoms with Gasteiger partial charge in [0.25, 0.3) is 0 Å². The van der Waals surface area contributed by atoms with Crippen molar-refractivity contribution in [2.24, 2.45) is 0 Å². The summed E-state index contributed by atoms with van der Waals surface area (Å²) in [5.41, 5.74) is 2.15. The van der Waals surface area contributed by atoms with E-state index in [2.05, 4.69) is 5.32 Å². The van der Waals surface area contributed by atoms with E-state index in [9.17, 15) is 9.59 Å². The van der Waals surface area contributed by atoms with Gasteiger partial charge in [0.05, 0.1) is 12.5 Å². The van der Waals surface area contributed by atoms with Gasteiger partial charge in [-0.05, 0) is 37.5 Å². The molecule has 0 atom stereocenters. The molecule has 0 bridgehead atoms. The number of anilines is 1. The molecule has 0 fully saturated rings. The van der Waals surface area contributed by atoms with Crippen molar-refractivity contribution in [3.8, 4) is 0 Å². The fraction of sp³-hybridized carbons (Fsp3) is 0.429. The molecule has 96 valence electrons. The summed E-state index contributed by atoms with van der Waals surface area (Å²) < 4.78 is 4.82. The topological polar surface area (TPSA) is 55.4 Å². The molecule has 0 aliphatic carbocycles. The Morgan fingerprint density at radius 1 is 1.33 bits per heavy atom. The first-order valence-corrected chi connectivity index (χ1v) is 5.97. The molecule has 0 radical (unpaired) electrons. The van der Waals surface area contributed by atoms with Gasteiger partial charge in [0, 0.05) is 12.1 Å². The minimum atomic E-state index is -0.675. The maximum absolute atomic E-state index is 11.8. The zero-order valence-corrected chi connectivity index (χ0v) is 10.9. The van der Waals surface area contributed by atoms with Crippen LogP contribution in [0.15, 0.2) is 18.2 Å². The van der Waals surface area contributed by atoms with Gasteiger partial charge in [-0.2, -0.15) is 0 Å². The quantitative estimate of drug-likeness (QED) is 0.813. The second-order valence-electron chi connectivity index (χ2n) is 5.04. The molecule has 0 saturated carbocycles. The van der Waals surface area contributed by atoms with Crippen LogP contribution in [0.4, 0.5) is 5.69 Å². The van der Waals surface area contributed by atoms with Crippen molar-refractivity contribution in [1.82, 2.24) is 0 Å². The first-order valence-electron chi connectivity index (χ1n) is 5.97. The number of ether oxygens (including phenoxy) is 1. The van der Waals surface area contributed by atoms with Crippen LogP contribution in [0.1, 0.15) is 31.4 Å². The number of nitrogens with one attached hydrogen (secondary N) is 1. The van der Waals surface area contributed by atoms with Crippen molar-refractivity contribution >= 4 is 17.6 Å². The molecule has 0 unspecified atom stereocenters. The molecule has 0 spiro atoms. The largest absolute Gasteiger partial charge is 0.468 e. The highest BCUT2D eigenvalue weighted by Gasteiger charge is 2.31. The minimum Gasteiger partial charge on any atom is -0.468 e. The van der Waals surface area contributed by atoms with Gasteiger partial charge in [0.2, 0.25) is 5.91 Å². The first kappa shape index (κ1) is 12.6. The molecule has 2 rings (SSSR count). The number of esters is 1. The Kier molecular flexibility index (Phi) is 3.11. The van der Waals surface area contributed by atoms with E-state index in [4.69, 9.17) is 4.74 Å². The van der Waals surface area contributed by atoms with E-state index in [0.717, 1.165) is 16.8 Å². The van der Waals surface area contributed by atoms with Gasteiger partial charge >= 0.3 is 5.97 Å². The molecule has 1 aromatic carbocycles. The number of amides is 1. The van der Waals surface area contributed by atoms with Gasteiger partial charge in [-0.1, -0.05) is 12.1 Å². The summed E-state index contributed by atoms with van der Waals surface area (Å²) >= 11 is 0. The summed E-state index contributed by atoms with van der Waals surface area (Å²) in [5, 5.41) is 2.83. The number of hydrogen-bond donors (Lipinski definition) is 1. The summed E-state index contributed by atoms with van der Waals surface area (Å²) in [6, 6.07) is 5.69. The molecule has 1 aromatic rings. The van der Waals surface area contributed by atoms with Crippen molar-refractivity contribution in [3.63, 3.8) is 0 Å². The average Bonchev–Trinajstić information content (AvgIpc) is 2.36. The van der Waals surface area contributed by atoms with Crippen LogP contribution in [0.25, 0.3) is 0 Å². The Labute approximate surface area is 106 Å². The third-order valence-electron chi connectivity index (χ3n) is 3.42. The standard InChI is InChI=1S/C14H17NO3/c1-14(2,13(17)18-3)10-5-6-11-9(8-10)4-7-12(16)15-11/h5-6,8H,4,7H2,1-3H3,(H,15,16). The molecule has 1 heterocycles. The maximum atomic E-state index is 11.8. The highest BCUT2D eigenvalue weighted by molar-refractivity contribution is 5.94. The minimum absolute atomic E-state index is 0.0440. The number of aryl methyl sites for hydroxylation is 1. The summed E-state index contributed by atoms with van der Waals surface area (Å²) in [6.07, 6.45) is 1.21. The Morgan fingerprint density at radius 3 is 2.72 bits per heavy atom. The van der Waals surface area contributed by atoms with Gasteiger partial charge in [0.15, 0.2) is 0 Å². The van der Waals surface area contributed by atoms with E-state index < -0.39 is 5.41 Å². The van der Waals surface area contributed by atoms with Gasteiger partial charge in [-0.25, -0.2) is 0 Å². The Bertz CT molecular complexity index is 506. The normalized spacial score (nSPS) is 14.7. The Hall–Kier alpha value is -1.84. The van der Waals surface area contributed by atoms with Gasteiger partial charge in [0.1, 0.15) is 0 Å². The SMILES string of the molecule is COC(=O)C(C)(C)c1ccc2c(c1)CCC(=O)N2. The van der Waals surface area contributed by atoms with E-state index in [1.807, 2.05) is 32.0 Å². The van der Waals surface area contributed by atoms with Gasteiger partial charge in [-0.15, -0.1) is 0 Å². The van der Waals surface area contributed by atoms with Crippen LogP contribution >= 0.6 is 0 Å². The number of carbonyl (C=O) groups is 2. The molecule has 0 aromatic heterocycles. The van der Waals surface area contributed by atoms with Crippen molar-refractivity contribution in [2.45, 2.75) is 32.1 Å². The fourth-order valence-corrected chi connectivity index (χ4v) is 2.15. The Balaban J connectivity index is 2.37. The molecule has 4 heteroatoms. The molecule has 1 amide bonds. The van der Waals surface area contributed by atoms with Crippen LogP contribution in [-0.4, -0.2) is 19.0 Å². The highest BCUT2D eigenvalue weighted by atomic mass is 16.5. The predicted octanol–water partition coefficient (Wildman–Crippen LogP) is 2.02. The van der Waals surface area contributed by atoms with Crippen molar-refractivity contribution < 1.29 is 14.3 Å². The van der Waals surface area contributed by atoms with Crippen LogP contribution < -0.4 is 5.32 Å². The molecular formula is C14H17NO3. The number of benzene rings is 1. The molecule has 1 aliphatic rings. The van der Waals surface area contributed by atoms with Crippen LogP contribution in [0.3, 0.4) is 0 Å². The smallest absolute Gasteiger partial charge is 0.315 e. The number of hydrogen-bond acceptors (Lipinski definition) is 3. The van der Waals surface area contributed by atoms with Crippen molar-refractivity contribution in [1.29, 1.82) is 0 Å². The van der Waals surface area contributed by atoms with E-state index in [1.54, 1.807) is 0 Å². The number of rotatable bonds is 2. The first-order chi connectivity index (χ1) is 8.45. The lowest BCUT2D eigenvalue weighted by Crippen LogP contribution is -2.30. The van der Waals surface area contributed by atoms with E-state index in [0.29, 0.717) is 12.8 Å². The molecule has 1 aliphatic heterocycles. The third kappa shape index (κ3) is 2.10. The van der Waals surface area contributed by atoms with Crippen LogP contribution in [0, 0.1) is 0 Å². The van der Waals surface area contributed by atoms with Crippen LogP contribution in [0.2, 0.25) is 0 Å². The predicted molar refractivity (Wildman–Crippen MR) is 68.4 cm³/mol. The van der Waals surface area contributed by atoms with E-state index >= 15 is 0 Å². The van der Waals surface area contributed by atoms with Crippen LogP contribution in [-0.2, 0) is 26.2 Å². The average molecular weight is 247 g/mol. The zero-order valence-electron chi connectivity index (χ0n) is 10.9. The Morgan fingerprint density at radius 2 is 2.06 bits per heavy atom.